The number of rotatable bonds is 4. The fourth-order valence-electron chi connectivity index (χ4n) is 2.31. The van der Waals surface area contributed by atoms with Crippen molar-refractivity contribution in [1.82, 2.24) is 10.2 Å². The number of hydrogen-bond donors (Lipinski definition) is 0. The number of carbonyl (C=O) groups is 1. The van der Waals surface area contributed by atoms with E-state index in [1.165, 1.54) is 13.0 Å². The highest BCUT2D eigenvalue weighted by molar-refractivity contribution is 5.89. The third-order valence-corrected chi connectivity index (χ3v) is 3.80. The molecule has 0 aliphatic rings. The molecule has 0 saturated heterocycles. The van der Waals surface area contributed by atoms with E-state index in [0.717, 1.165) is 23.8 Å². The normalized spacial score (nSPS) is 12.6. The van der Waals surface area contributed by atoms with Gasteiger partial charge in [0, 0.05) is 5.56 Å². The minimum absolute atomic E-state index is 0.0471. The lowest BCUT2D eigenvalue weighted by molar-refractivity contribution is -0.137. The third kappa shape index (κ3) is 4.33. The van der Waals surface area contributed by atoms with Crippen molar-refractivity contribution in [2.45, 2.75) is 26.1 Å². The largest absolute Gasteiger partial charge is 0.449 e. The summed E-state index contributed by atoms with van der Waals surface area (Å²) >= 11 is 0. The van der Waals surface area contributed by atoms with Crippen molar-refractivity contribution in [1.29, 1.82) is 0 Å². The van der Waals surface area contributed by atoms with E-state index in [9.17, 15) is 18.0 Å². The lowest BCUT2D eigenvalue weighted by Crippen LogP contribution is -2.12. The van der Waals surface area contributed by atoms with Gasteiger partial charge in [-0.25, -0.2) is 4.79 Å². The first-order chi connectivity index (χ1) is 12.7. The van der Waals surface area contributed by atoms with Gasteiger partial charge in [0.1, 0.15) is 0 Å². The van der Waals surface area contributed by atoms with Crippen LogP contribution in [0, 0.1) is 6.92 Å². The van der Waals surface area contributed by atoms with Crippen LogP contribution in [0.15, 0.2) is 52.9 Å². The first-order valence-corrected chi connectivity index (χ1v) is 8.03. The Kier molecular flexibility index (Phi) is 4.98. The molecule has 140 valence electrons. The van der Waals surface area contributed by atoms with Crippen molar-refractivity contribution < 1.29 is 27.1 Å². The number of halogens is 3. The van der Waals surface area contributed by atoms with Gasteiger partial charge in [0.05, 0.1) is 11.1 Å². The summed E-state index contributed by atoms with van der Waals surface area (Å²) in [6, 6.07) is 11.4. The lowest BCUT2D eigenvalue weighted by atomic mass is 10.1. The highest BCUT2D eigenvalue weighted by Crippen LogP contribution is 2.30. The van der Waals surface area contributed by atoms with Crippen LogP contribution in [0.2, 0.25) is 0 Å². The number of esters is 1. The zero-order valence-electron chi connectivity index (χ0n) is 14.4. The van der Waals surface area contributed by atoms with Gasteiger partial charge in [-0.2, -0.15) is 13.2 Å². The smallest absolute Gasteiger partial charge is 0.416 e. The van der Waals surface area contributed by atoms with Crippen molar-refractivity contribution >= 4 is 5.97 Å². The average Bonchev–Trinajstić information content (AvgIpc) is 3.12. The minimum atomic E-state index is -4.54. The van der Waals surface area contributed by atoms with E-state index in [0.29, 0.717) is 5.56 Å². The Balaban J connectivity index is 1.73. The number of carbonyl (C=O) groups excluding carboxylic acids is 1. The van der Waals surface area contributed by atoms with E-state index in [2.05, 4.69) is 10.2 Å². The maximum Gasteiger partial charge on any atom is 0.416 e. The van der Waals surface area contributed by atoms with Gasteiger partial charge in [-0.1, -0.05) is 23.8 Å². The standard InChI is InChI=1S/C19H15F3N2O3/c1-11-6-8-13(9-7-11)17-24-23-16(27-17)12(2)26-18(25)14-4-3-5-15(10-14)19(20,21)22/h3-10,12H,1-2H3/t12-/m1/s1. The zero-order chi connectivity index (χ0) is 19.6. The molecule has 27 heavy (non-hydrogen) atoms. The number of nitrogens with zero attached hydrogens (tertiary/aromatic N) is 2. The van der Waals surface area contributed by atoms with E-state index >= 15 is 0 Å². The SMILES string of the molecule is Cc1ccc(-c2nnc([C@@H](C)OC(=O)c3cccc(C(F)(F)F)c3)o2)cc1. The number of benzene rings is 2. The molecule has 0 unspecified atom stereocenters. The Hall–Kier alpha value is -3.16. The van der Waals surface area contributed by atoms with E-state index in [-0.39, 0.29) is 17.3 Å². The predicted molar refractivity (Wildman–Crippen MR) is 89.7 cm³/mol. The van der Waals surface area contributed by atoms with Crippen molar-refractivity contribution in [3.8, 4) is 11.5 Å². The molecule has 1 heterocycles. The third-order valence-electron chi connectivity index (χ3n) is 3.80. The summed E-state index contributed by atoms with van der Waals surface area (Å²) in [5.41, 5.74) is 0.636. The molecule has 0 saturated carbocycles. The van der Waals surface area contributed by atoms with Crippen LogP contribution in [0.3, 0.4) is 0 Å². The first kappa shape index (κ1) is 18.6. The van der Waals surface area contributed by atoms with E-state index < -0.39 is 23.8 Å². The van der Waals surface area contributed by atoms with Gasteiger partial charge >= 0.3 is 12.1 Å². The van der Waals surface area contributed by atoms with Gasteiger partial charge < -0.3 is 9.15 Å². The van der Waals surface area contributed by atoms with Gasteiger partial charge in [-0.15, -0.1) is 10.2 Å². The molecule has 0 bridgehead atoms. The minimum Gasteiger partial charge on any atom is -0.449 e. The summed E-state index contributed by atoms with van der Waals surface area (Å²) in [4.78, 5) is 12.1. The van der Waals surface area contributed by atoms with Crippen LogP contribution in [0.25, 0.3) is 11.5 Å². The predicted octanol–water partition coefficient (Wildman–Crippen LogP) is 4.98. The molecule has 0 aliphatic carbocycles. The second-order valence-corrected chi connectivity index (χ2v) is 5.94. The second-order valence-electron chi connectivity index (χ2n) is 5.94. The van der Waals surface area contributed by atoms with Crippen LogP contribution >= 0.6 is 0 Å². The quantitative estimate of drug-likeness (QED) is 0.601. The molecule has 0 N–H and O–H groups in total. The Morgan fingerprint density at radius 1 is 1.11 bits per heavy atom. The number of aromatic nitrogens is 2. The average molecular weight is 376 g/mol. The van der Waals surface area contributed by atoms with Gasteiger partial charge in [0.2, 0.25) is 5.89 Å². The molecule has 5 nitrogen and oxygen atoms in total. The molecule has 3 aromatic rings. The van der Waals surface area contributed by atoms with E-state index in [1.54, 1.807) is 0 Å². The Morgan fingerprint density at radius 3 is 2.48 bits per heavy atom. The van der Waals surface area contributed by atoms with Crippen molar-refractivity contribution in [3.63, 3.8) is 0 Å². The Bertz CT molecular complexity index is 949. The van der Waals surface area contributed by atoms with Crippen LogP contribution in [0.5, 0.6) is 0 Å². The monoisotopic (exact) mass is 376 g/mol. The molecular formula is C19H15F3N2O3. The molecule has 1 aromatic heterocycles. The van der Waals surface area contributed by atoms with Gasteiger partial charge in [-0.05, 0) is 44.2 Å². The van der Waals surface area contributed by atoms with E-state index in [1.807, 2.05) is 31.2 Å². The summed E-state index contributed by atoms with van der Waals surface area (Å²) < 4.78 is 48.9. The van der Waals surface area contributed by atoms with Crippen molar-refractivity contribution in [2.75, 3.05) is 0 Å². The summed E-state index contributed by atoms with van der Waals surface area (Å²) in [5.74, 6) is -0.610. The fourth-order valence-corrected chi connectivity index (χ4v) is 2.31. The van der Waals surface area contributed by atoms with Crippen molar-refractivity contribution in [3.05, 3.63) is 71.1 Å². The molecule has 1 atom stereocenters. The highest BCUT2D eigenvalue weighted by atomic mass is 19.4. The molecule has 0 fully saturated rings. The lowest BCUT2D eigenvalue weighted by Gasteiger charge is -2.11. The molecule has 0 aliphatic heterocycles. The van der Waals surface area contributed by atoms with E-state index in [4.69, 9.17) is 9.15 Å². The van der Waals surface area contributed by atoms with Crippen LogP contribution in [0.1, 0.15) is 40.4 Å². The second kappa shape index (κ2) is 7.22. The molecule has 0 spiro atoms. The first-order valence-electron chi connectivity index (χ1n) is 8.03. The summed E-state index contributed by atoms with van der Waals surface area (Å²) in [6.07, 6.45) is -5.46. The number of ether oxygens (including phenoxy) is 1. The number of aryl methyl sites for hydroxylation is 1. The number of alkyl halides is 3. The van der Waals surface area contributed by atoms with Crippen molar-refractivity contribution in [2.24, 2.45) is 0 Å². The van der Waals surface area contributed by atoms with Gasteiger partial charge in [0.15, 0.2) is 6.10 Å². The molecule has 8 heteroatoms. The molecule has 0 radical (unpaired) electrons. The van der Waals surface area contributed by atoms with Crippen LogP contribution in [0.4, 0.5) is 13.2 Å². The topological polar surface area (TPSA) is 65.2 Å². The van der Waals surface area contributed by atoms with Crippen LogP contribution in [-0.4, -0.2) is 16.2 Å². The molecule has 2 aromatic carbocycles. The highest BCUT2D eigenvalue weighted by Gasteiger charge is 2.31. The van der Waals surface area contributed by atoms with Crippen LogP contribution < -0.4 is 0 Å². The molecular weight excluding hydrogens is 361 g/mol. The van der Waals surface area contributed by atoms with Crippen LogP contribution in [-0.2, 0) is 10.9 Å². The fraction of sp³-hybridized carbons (Fsp3) is 0.211. The number of hydrogen-bond acceptors (Lipinski definition) is 5. The Morgan fingerprint density at radius 2 is 1.81 bits per heavy atom. The maximum atomic E-state index is 12.8. The summed E-state index contributed by atoms with van der Waals surface area (Å²) in [7, 11) is 0. The summed E-state index contributed by atoms with van der Waals surface area (Å²) in [6.45, 7) is 3.44. The van der Waals surface area contributed by atoms with Gasteiger partial charge in [0.25, 0.3) is 5.89 Å². The Labute approximate surface area is 152 Å². The van der Waals surface area contributed by atoms with Gasteiger partial charge in [-0.3, -0.25) is 0 Å². The maximum absolute atomic E-state index is 12.8. The summed E-state index contributed by atoms with van der Waals surface area (Å²) in [5, 5.41) is 7.75. The molecule has 0 amide bonds. The zero-order valence-corrected chi connectivity index (χ0v) is 14.4. The molecule has 3 rings (SSSR count).